The third kappa shape index (κ3) is 2.48. The average Bonchev–Trinajstić information content (AvgIpc) is 2.73. The van der Waals surface area contributed by atoms with E-state index >= 15 is 0 Å². The van der Waals surface area contributed by atoms with Crippen LogP contribution in [0.4, 0.5) is 0 Å². The Hall–Kier alpha value is -0.0400. The topological polar surface area (TPSA) is 12.0 Å². The maximum atomic E-state index is 4.00. The maximum absolute atomic E-state index is 4.00. The zero-order valence-corrected chi connectivity index (χ0v) is 13.3. The maximum Gasteiger partial charge on any atom is 0.0177 e. The van der Waals surface area contributed by atoms with Gasteiger partial charge in [0.15, 0.2) is 0 Å². The Morgan fingerprint density at radius 2 is 1.78 bits per heavy atom. The molecule has 2 unspecified atom stereocenters. The Kier molecular flexibility index (Phi) is 3.84. The molecule has 2 fully saturated rings. The van der Waals surface area contributed by atoms with Crippen LogP contribution in [0.5, 0.6) is 0 Å². The van der Waals surface area contributed by atoms with Crippen molar-refractivity contribution in [1.82, 2.24) is 5.32 Å². The molecule has 0 spiro atoms. The van der Waals surface area contributed by atoms with E-state index in [0.717, 1.165) is 17.9 Å². The number of hydrogen-bond donors (Lipinski definition) is 1. The normalized spacial score (nSPS) is 39.5. The molecule has 2 rings (SSSR count). The van der Waals surface area contributed by atoms with Crippen molar-refractivity contribution in [1.29, 1.82) is 0 Å². The summed E-state index contributed by atoms with van der Waals surface area (Å²) < 4.78 is 0. The zero-order valence-electron chi connectivity index (χ0n) is 13.3. The molecule has 106 valence electrons. The molecule has 0 aromatic carbocycles. The highest BCUT2D eigenvalue weighted by Gasteiger charge is 2.59. The van der Waals surface area contributed by atoms with E-state index < -0.39 is 0 Å². The van der Waals surface area contributed by atoms with Crippen LogP contribution in [-0.2, 0) is 0 Å². The molecule has 0 aromatic heterocycles. The summed E-state index contributed by atoms with van der Waals surface area (Å²) in [5, 5.41) is 4.00. The van der Waals surface area contributed by atoms with Crippen molar-refractivity contribution in [3.8, 4) is 0 Å². The number of fused-ring (bicyclic) bond motifs is 2. The van der Waals surface area contributed by atoms with Gasteiger partial charge in [-0.2, -0.15) is 0 Å². The van der Waals surface area contributed by atoms with E-state index in [4.69, 9.17) is 0 Å². The van der Waals surface area contributed by atoms with Crippen molar-refractivity contribution in [3.05, 3.63) is 0 Å². The lowest BCUT2D eigenvalue weighted by molar-refractivity contribution is 0.0984. The van der Waals surface area contributed by atoms with Gasteiger partial charge in [-0.1, -0.05) is 34.6 Å². The molecule has 0 aromatic rings. The minimum absolute atomic E-state index is 0.499. The lowest BCUT2D eigenvalue weighted by Crippen LogP contribution is -2.53. The molecule has 0 saturated heterocycles. The fourth-order valence-corrected chi connectivity index (χ4v) is 4.67. The molecule has 2 aliphatic rings. The van der Waals surface area contributed by atoms with Crippen LogP contribution in [-0.4, -0.2) is 12.1 Å². The Labute approximate surface area is 114 Å². The van der Waals surface area contributed by atoms with Crippen LogP contribution < -0.4 is 5.32 Å². The van der Waals surface area contributed by atoms with Crippen molar-refractivity contribution >= 4 is 0 Å². The van der Waals surface area contributed by atoms with E-state index in [0.29, 0.717) is 16.9 Å². The second-order valence-corrected chi connectivity index (χ2v) is 8.39. The van der Waals surface area contributed by atoms with Gasteiger partial charge in [0.1, 0.15) is 0 Å². The molecule has 0 amide bonds. The van der Waals surface area contributed by atoms with Crippen LogP contribution in [0.25, 0.3) is 0 Å². The van der Waals surface area contributed by atoms with Crippen molar-refractivity contribution in [2.45, 2.75) is 85.7 Å². The molecule has 2 bridgehead atoms. The summed E-state index contributed by atoms with van der Waals surface area (Å²) in [6, 6.07) is 1.40. The highest BCUT2D eigenvalue weighted by atomic mass is 15.0. The second-order valence-electron chi connectivity index (χ2n) is 8.39. The largest absolute Gasteiger partial charge is 0.310 e. The van der Waals surface area contributed by atoms with Crippen molar-refractivity contribution in [2.75, 3.05) is 0 Å². The molecule has 2 saturated carbocycles. The summed E-state index contributed by atoms with van der Waals surface area (Å²) in [5.74, 6) is 1.79. The van der Waals surface area contributed by atoms with Gasteiger partial charge in [-0.05, 0) is 61.7 Å². The predicted octanol–water partition coefficient (Wildman–Crippen LogP) is 4.62. The van der Waals surface area contributed by atoms with E-state index in [1.807, 2.05) is 0 Å². The van der Waals surface area contributed by atoms with Crippen molar-refractivity contribution in [3.63, 3.8) is 0 Å². The molecular weight excluding hydrogens is 218 g/mol. The third-order valence-electron chi connectivity index (χ3n) is 5.90. The van der Waals surface area contributed by atoms with Crippen molar-refractivity contribution < 1.29 is 0 Å². The van der Waals surface area contributed by atoms with Crippen LogP contribution in [0, 0.1) is 22.7 Å². The monoisotopic (exact) mass is 251 g/mol. The summed E-state index contributed by atoms with van der Waals surface area (Å²) in [6.07, 6.45) is 7.03. The minimum Gasteiger partial charge on any atom is -0.310 e. The van der Waals surface area contributed by atoms with Gasteiger partial charge in [-0.25, -0.2) is 0 Å². The summed E-state index contributed by atoms with van der Waals surface area (Å²) >= 11 is 0. The summed E-state index contributed by atoms with van der Waals surface area (Å²) in [4.78, 5) is 0. The van der Waals surface area contributed by atoms with Crippen LogP contribution in [0.3, 0.4) is 0 Å². The first-order valence-electron chi connectivity index (χ1n) is 8.02. The molecular formula is C17H33N. The molecule has 4 atom stereocenters. The van der Waals surface area contributed by atoms with Gasteiger partial charge in [0, 0.05) is 12.1 Å². The molecule has 1 heteroatoms. The van der Waals surface area contributed by atoms with Crippen LogP contribution in [0.2, 0.25) is 0 Å². The van der Waals surface area contributed by atoms with Gasteiger partial charge < -0.3 is 5.32 Å². The first-order valence-corrected chi connectivity index (χ1v) is 8.02. The van der Waals surface area contributed by atoms with Crippen LogP contribution >= 0.6 is 0 Å². The van der Waals surface area contributed by atoms with E-state index in [-0.39, 0.29) is 0 Å². The lowest BCUT2D eigenvalue weighted by Gasteiger charge is -2.44. The van der Waals surface area contributed by atoms with Gasteiger partial charge >= 0.3 is 0 Å². The molecule has 1 N–H and O–H groups in total. The van der Waals surface area contributed by atoms with Crippen molar-refractivity contribution in [2.24, 2.45) is 22.7 Å². The Bertz CT molecular complexity index is 289. The van der Waals surface area contributed by atoms with Crippen LogP contribution in [0.15, 0.2) is 0 Å². The molecule has 0 radical (unpaired) electrons. The fourth-order valence-electron chi connectivity index (χ4n) is 4.67. The van der Waals surface area contributed by atoms with E-state index in [1.54, 1.807) is 0 Å². The number of rotatable bonds is 5. The summed E-state index contributed by atoms with van der Waals surface area (Å²) in [6.45, 7) is 14.6. The molecule has 18 heavy (non-hydrogen) atoms. The first-order chi connectivity index (χ1) is 8.25. The van der Waals surface area contributed by atoms with Gasteiger partial charge in [0.05, 0.1) is 0 Å². The SMILES string of the molecule is CC(C)CCC(C)NC1C(C)(C)[C@H]2CC[C@]1(C)C2. The summed E-state index contributed by atoms with van der Waals surface area (Å²) in [5.41, 5.74) is 1.07. The third-order valence-corrected chi connectivity index (χ3v) is 5.90. The summed E-state index contributed by atoms with van der Waals surface area (Å²) in [7, 11) is 0. The Morgan fingerprint density at radius 3 is 2.28 bits per heavy atom. The Morgan fingerprint density at radius 1 is 1.11 bits per heavy atom. The molecule has 1 nitrogen and oxygen atoms in total. The average molecular weight is 251 g/mol. The van der Waals surface area contributed by atoms with Gasteiger partial charge in [0.2, 0.25) is 0 Å². The van der Waals surface area contributed by atoms with E-state index in [2.05, 4.69) is 46.9 Å². The predicted molar refractivity (Wildman–Crippen MR) is 79.7 cm³/mol. The highest BCUT2D eigenvalue weighted by Crippen LogP contribution is 2.62. The quantitative estimate of drug-likeness (QED) is 0.752. The lowest BCUT2D eigenvalue weighted by atomic mass is 9.68. The second kappa shape index (κ2) is 4.81. The standard InChI is InChI=1S/C17H33N/c1-12(2)7-8-13(3)18-15-16(4,5)14-9-10-17(15,6)11-14/h12-15,18H,7-11H2,1-6H3/t13?,14-,15?,17+/m0/s1. The zero-order chi connectivity index (χ0) is 13.6. The first kappa shape index (κ1) is 14.4. The number of hydrogen-bond acceptors (Lipinski definition) is 1. The molecule has 0 aliphatic heterocycles. The van der Waals surface area contributed by atoms with Gasteiger partial charge in [0.25, 0.3) is 0 Å². The number of nitrogens with one attached hydrogen (secondary N) is 1. The minimum atomic E-state index is 0.499. The smallest absolute Gasteiger partial charge is 0.0177 e. The Balaban J connectivity index is 1.96. The molecule has 0 heterocycles. The van der Waals surface area contributed by atoms with Crippen LogP contribution in [0.1, 0.15) is 73.6 Å². The van der Waals surface area contributed by atoms with Gasteiger partial charge in [-0.15, -0.1) is 0 Å². The fraction of sp³-hybridized carbons (Fsp3) is 1.00. The van der Waals surface area contributed by atoms with E-state index in [1.165, 1.54) is 32.1 Å². The van der Waals surface area contributed by atoms with E-state index in [9.17, 15) is 0 Å². The van der Waals surface area contributed by atoms with Gasteiger partial charge in [-0.3, -0.25) is 0 Å². The molecule has 2 aliphatic carbocycles. The highest BCUT2D eigenvalue weighted by molar-refractivity contribution is 5.12.